The number of aliphatic hydroxyl groups excluding tert-OH is 1. The summed E-state index contributed by atoms with van der Waals surface area (Å²) in [6.45, 7) is 0. The van der Waals surface area contributed by atoms with Crippen LogP contribution in [-0.4, -0.2) is 22.3 Å². The lowest BCUT2D eigenvalue weighted by molar-refractivity contribution is -0.156. The SMILES string of the molecule is O=C1O[C@@H]2C[C@@]1(O)c1cc(-c3ccccc3)sc1[C@H]2O. The summed E-state index contributed by atoms with van der Waals surface area (Å²) in [6.07, 6.45) is -1.35. The number of benzene rings is 1. The van der Waals surface area contributed by atoms with Crippen LogP contribution >= 0.6 is 11.3 Å². The van der Waals surface area contributed by atoms with E-state index in [0.717, 1.165) is 10.4 Å². The molecule has 3 atom stereocenters. The highest BCUT2D eigenvalue weighted by atomic mass is 32.1. The van der Waals surface area contributed by atoms with Gasteiger partial charge in [-0.2, -0.15) is 0 Å². The number of ether oxygens (including phenoxy) is 1. The number of carbonyl (C=O) groups excluding carboxylic acids is 1. The van der Waals surface area contributed by atoms with Crippen LogP contribution in [0, 0.1) is 0 Å². The monoisotopic (exact) mass is 288 g/mol. The molecular weight excluding hydrogens is 276 g/mol. The number of thiophene rings is 1. The maximum absolute atomic E-state index is 11.9. The number of hydrogen-bond donors (Lipinski definition) is 2. The molecule has 1 aliphatic carbocycles. The van der Waals surface area contributed by atoms with Crippen LogP contribution in [0.2, 0.25) is 0 Å². The molecule has 0 radical (unpaired) electrons. The number of rotatable bonds is 1. The fourth-order valence-corrected chi connectivity index (χ4v) is 4.19. The number of esters is 1. The Bertz CT molecular complexity index is 693. The van der Waals surface area contributed by atoms with E-state index >= 15 is 0 Å². The summed E-state index contributed by atoms with van der Waals surface area (Å²) < 4.78 is 5.05. The first-order valence-corrected chi connectivity index (χ1v) is 7.22. The molecule has 1 aromatic carbocycles. The predicted molar refractivity (Wildman–Crippen MR) is 73.1 cm³/mol. The summed E-state index contributed by atoms with van der Waals surface area (Å²) in [4.78, 5) is 13.4. The lowest BCUT2D eigenvalue weighted by Crippen LogP contribution is -2.34. The number of hydrogen-bond acceptors (Lipinski definition) is 5. The molecule has 5 heteroatoms. The third-order valence-corrected chi connectivity index (χ3v) is 5.23. The van der Waals surface area contributed by atoms with E-state index in [-0.39, 0.29) is 6.42 Å². The van der Waals surface area contributed by atoms with Gasteiger partial charge in [-0.05, 0) is 11.6 Å². The van der Waals surface area contributed by atoms with Crippen LogP contribution in [0.5, 0.6) is 0 Å². The molecule has 1 aromatic heterocycles. The summed E-state index contributed by atoms with van der Waals surface area (Å²) in [6, 6.07) is 11.5. The Balaban J connectivity index is 1.89. The van der Waals surface area contributed by atoms with E-state index in [0.29, 0.717) is 10.4 Å². The highest BCUT2D eigenvalue weighted by molar-refractivity contribution is 7.15. The summed E-state index contributed by atoms with van der Waals surface area (Å²) in [5.41, 5.74) is -0.0949. The van der Waals surface area contributed by atoms with Crippen LogP contribution < -0.4 is 0 Å². The van der Waals surface area contributed by atoms with Gasteiger partial charge in [-0.3, -0.25) is 0 Å². The van der Waals surface area contributed by atoms with Gasteiger partial charge in [-0.25, -0.2) is 4.79 Å². The van der Waals surface area contributed by atoms with E-state index in [1.807, 2.05) is 30.3 Å². The Labute approximate surface area is 119 Å². The van der Waals surface area contributed by atoms with Gasteiger partial charge in [0.25, 0.3) is 0 Å². The average molecular weight is 288 g/mol. The highest BCUT2D eigenvalue weighted by Crippen LogP contribution is 2.52. The molecule has 0 saturated carbocycles. The molecule has 2 aliphatic rings. The van der Waals surface area contributed by atoms with Crippen LogP contribution in [0.4, 0.5) is 0 Å². The topological polar surface area (TPSA) is 66.8 Å². The molecule has 1 fully saturated rings. The molecule has 2 N–H and O–H groups in total. The van der Waals surface area contributed by atoms with Gasteiger partial charge in [0, 0.05) is 21.7 Å². The average Bonchev–Trinajstić information content (AvgIpc) is 3.01. The molecule has 2 heterocycles. The van der Waals surface area contributed by atoms with Crippen molar-refractivity contribution in [1.82, 2.24) is 0 Å². The Morgan fingerprint density at radius 1 is 1.30 bits per heavy atom. The van der Waals surface area contributed by atoms with Crippen molar-refractivity contribution < 1.29 is 19.7 Å². The van der Waals surface area contributed by atoms with Crippen molar-refractivity contribution in [2.75, 3.05) is 0 Å². The number of carbonyl (C=O) groups is 1. The predicted octanol–water partition coefficient (Wildman–Crippen LogP) is 1.97. The zero-order chi connectivity index (χ0) is 13.9. The van der Waals surface area contributed by atoms with Crippen LogP contribution in [0.1, 0.15) is 23.0 Å². The molecule has 2 bridgehead atoms. The van der Waals surface area contributed by atoms with Crippen molar-refractivity contribution in [1.29, 1.82) is 0 Å². The largest absolute Gasteiger partial charge is 0.457 e. The zero-order valence-electron chi connectivity index (χ0n) is 10.4. The van der Waals surface area contributed by atoms with Crippen molar-refractivity contribution in [2.24, 2.45) is 0 Å². The molecule has 1 aliphatic heterocycles. The molecule has 20 heavy (non-hydrogen) atoms. The molecule has 102 valence electrons. The number of fused-ring (bicyclic) bond motifs is 4. The van der Waals surface area contributed by atoms with Gasteiger partial charge in [-0.1, -0.05) is 30.3 Å². The zero-order valence-corrected chi connectivity index (χ0v) is 11.3. The molecule has 4 nitrogen and oxygen atoms in total. The maximum Gasteiger partial charge on any atom is 0.343 e. The molecular formula is C15H12O4S. The molecule has 4 rings (SSSR count). The van der Waals surface area contributed by atoms with E-state index in [1.165, 1.54) is 11.3 Å². The third kappa shape index (κ3) is 1.45. The first-order chi connectivity index (χ1) is 9.59. The van der Waals surface area contributed by atoms with E-state index in [1.54, 1.807) is 6.07 Å². The van der Waals surface area contributed by atoms with E-state index in [9.17, 15) is 15.0 Å². The second kappa shape index (κ2) is 3.91. The van der Waals surface area contributed by atoms with Crippen molar-refractivity contribution >= 4 is 17.3 Å². The normalized spacial score (nSPS) is 31.0. The Morgan fingerprint density at radius 3 is 2.80 bits per heavy atom. The van der Waals surface area contributed by atoms with Gasteiger partial charge in [0.2, 0.25) is 0 Å². The van der Waals surface area contributed by atoms with Crippen LogP contribution in [0.25, 0.3) is 10.4 Å². The van der Waals surface area contributed by atoms with Crippen molar-refractivity contribution in [3.05, 3.63) is 46.8 Å². The minimum Gasteiger partial charge on any atom is -0.457 e. The van der Waals surface area contributed by atoms with Crippen LogP contribution in [0.3, 0.4) is 0 Å². The molecule has 2 aromatic rings. The summed E-state index contributed by atoms with van der Waals surface area (Å²) >= 11 is 1.40. The molecule has 0 unspecified atom stereocenters. The third-order valence-electron chi connectivity index (χ3n) is 3.98. The van der Waals surface area contributed by atoms with E-state index in [4.69, 9.17) is 4.74 Å². The van der Waals surface area contributed by atoms with Gasteiger partial charge >= 0.3 is 5.97 Å². The van der Waals surface area contributed by atoms with Crippen molar-refractivity contribution in [3.8, 4) is 10.4 Å². The molecule has 0 amide bonds. The van der Waals surface area contributed by atoms with E-state index < -0.39 is 23.8 Å². The van der Waals surface area contributed by atoms with Crippen LogP contribution in [0.15, 0.2) is 36.4 Å². The first kappa shape index (κ1) is 12.1. The van der Waals surface area contributed by atoms with E-state index in [2.05, 4.69) is 0 Å². The fourth-order valence-electron chi connectivity index (χ4n) is 2.91. The Kier molecular flexibility index (Phi) is 2.36. The van der Waals surface area contributed by atoms with Gasteiger partial charge < -0.3 is 14.9 Å². The van der Waals surface area contributed by atoms with Gasteiger partial charge in [-0.15, -0.1) is 11.3 Å². The lowest BCUT2D eigenvalue weighted by atomic mass is 9.83. The smallest absolute Gasteiger partial charge is 0.343 e. The Morgan fingerprint density at radius 2 is 2.05 bits per heavy atom. The summed E-state index contributed by atoms with van der Waals surface area (Å²) in [5.74, 6) is -0.655. The molecule has 0 spiro atoms. The first-order valence-electron chi connectivity index (χ1n) is 6.41. The van der Waals surface area contributed by atoms with Crippen LogP contribution in [-0.2, 0) is 15.1 Å². The second-order valence-corrected chi connectivity index (χ2v) is 6.29. The van der Waals surface area contributed by atoms with Crippen molar-refractivity contribution in [3.63, 3.8) is 0 Å². The van der Waals surface area contributed by atoms with Gasteiger partial charge in [0.1, 0.15) is 12.2 Å². The minimum atomic E-state index is -1.59. The quantitative estimate of drug-likeness (QED) is 0.787. The fraction of sp³-hybridized carbons (Fsp3) is 0.267. The highest BCUT2D eigenvalue weighted by Gasteiger charge is 2.57. The second-order valence-electron chi connectivity index (χ2n) is 5.21. The summed E-state index contributed by atoms with van der Waals surface area (Å²) in [7, 11) is 0. The summed E-state index contributed by atoms with van der Waals surface area (Å²) in [5, 5.41) is 20.8. The van der Waals surface area contributed by atoms with Crippen molar-refractivity contribution in [2.45, 2.75) is 24.2 Å². The standard InChI is InChI=1S/C15H12O4S/c16-12-10-7-15(18,14(17)19-10)9-6-11(20-13(9)12)8-4-2-1-3-5-8/h1-6,10,12,16,18H,7H2/t10-,12+,15-/m1/s1. The lowest BCUT2D eigenvalue weighted by Gasteiger charge is -2.25. The van der Waals surface area contributed by atoms with Gasteiger partial charge in [0.05, 0.1) is 0 Å². The number of aliphatic hydroxyl groups is 2. The minimum absolute atomic E-state index is 0.130. The molecule has 1 saturated heterocycles. The van der Waals surface area contributed by atoms with Gasteiger partial charge in [0.15, 0.2) is 5.60 Å². The maximum atomic E-state index is 11.9. The Hall–Kier alpha value is -1.69.